The molecule has 1 unspecified atom stereocenters. The first-order valence-corrected chi connectivity index (χ1v) is 4.37. The maximum Gasteiger partial charge on any atom is 0.231 e. The molecule has 1 atom stereocenters. The minimum absolute atomic E-state index is 0.161. The van der Waals surface area contributed by atoms with E-state index in [1.165, 1.54) is 0 Å². The second-order valence-corrected chi connectivity index (χ2v) is 3.38. The normalized spacial score (nSPS) is 13.7. The van der Waals surface area contributed by atoms with Crippen LogP contribution in [0.4, 0.5) is 0 Å². The van der Waals surface area contributed by atoms with Crippen LogP contribution in [-0.4, -0.2) is 47.7 Å². The van der Waals surface area contributed by atoms with Crippen LogP contribution in [0.2, 0.25) is 0 Å². The maximum atomic E-state index is 10.7. The van der Waals surface area contributed by atoms with Crippen molar-refractivity contribution in [1.29, 1.82) is 0 Å². The summed E-state index contributed by atoms with van der Waals surface area (Å²) in [6, 6.07) is 0.175. The number of primary amides is 1. The molecule has 0 saturated heterocycles. The largest absolute Gasteiger partial charge is 0.390 e. The predicted octanol–water partition coefficient (Wildman–Crippen LogP) is -1.50. The van der Waals surface area contributed by atoms with E-state index in [0.717, 1.165) is 0 Å². The van der Waals surface area contributed by atoms with E-state index >= 15 is 0 Å². The van der Waals surface area contributed by atoms with Crippen LogP contribution in [0.25, 0.3) is 0 Å². The second kappa shape index (κ2) is 5.90. The highest BCUT2D eigenvalue weighted by Crippen LogP contribution is 1.98. The fraction of sp³-hybridized carbons (Fsp3) is 0.875. The molecule has 0 aliphatic rings. The Morgan fingerprint density at radius 3 is 2.38 bits per heavy atom. The first-order chi connectivity index (χ1) is 5.97. The van der Waals surface area contributed by atoms with Gasteiger partial charge < -0.3 is 16.6 Å². The van der Waals surface area contributed by atoms with E-state index in [-0.39, 0.29) is 19.1 Å². The van der Waals surface area contributed by atoms with E-state index in [0.29, 0.717) is 6.54 Å². The number of amides is 1. The molecule has 1 amide bonds. The highest BCUT2D eigenvalue weighted by molar-refractivity contribution is 5.75. The zero-order valence-electron chi connectivity index (χ0n) is 8.23. The van der Waals surface area contributed by atoms with E-state index in [1.807, 2.05) is 13.8 Å². The summed E-state index contributed by atoms with van der Waals surface area (Å²) in [4.78, 5) is 12.4. The van der Waals surface area contributed by atoms with Crippen LogP contribution in [0.15, 0.2) is 0 Å². The van der Waals surface area contributed by atoms with Gasteiger partial charge in [0.2, 0.25) is 5.91 Å². The van der Waals surface area contributed by atoms with E-state index in [4.69, 9.17) is 11.5 Å². The highest BCUT2D eigenvalue weighted by atomic mass is 16.3. The summed E-state index contributed by atoms with van der Waals surface area (Å²) < 4.78 is 0. The van der Waals surface area contributed by atoms with Gasteiger partial charge in [0.1, 0.15) is 0 Å². The van der Waals surface area contributed by atoms with Gasteiger partial charge in [-0.15, -0.1) is 0 Å². The van der Waals surface area contributed by atoms with Crippen molar-refractivity contribution in [3.8, 4) is 0 Å². The molecule has 0 aliphatic heterocycles. The monoisotopic (exact) mass is 189 g/mol. The molecule has 0 rings (SSSR count). The number of nitrogens with two attached hydrogens (primary N) is 2. The van der Waals surface area contributed by atoms with Gasteiger partial charge in [0.05, 0.1) is 12.6 Å². The summed E-state index contributed by atoms with van der Waals surface area (Å²) >= 11 is 0. The molecule has 0 heterocycles. The quantitative estimate of drug-likeness (QED) is 0.474. The molecule has 0 aromatic heterocycles. The van der Waals surface area contributed by atoms with Gasteiger partial charge in [0, 0.05) is 19.1 Å². The SMILES string of the molecule is CC(C)N(CC(N)=O)CC(O)CN. The molecular weight excluding hydrogens is 170 g/mol. The lowest BCUT2D eigenvalue weighted by atomic mass is 10.2. The maximum absolute atomic E-state index is 10.7. The first-order valence-electron chi connectivity index (χ1n) is 4.37. The molecule has 5 nitrogen and oxygen atoms in total. The number of aliphatic hydroxyl groups excluding tert-OH is 1. The van der Waals surface area contributed by atoms with Crippen LogP contribution in [-0.2, 0) is 4.79 Å². The molecular formula is C8H19N3O2. The number of hydrogen-bond acceptors (Lipinski definition) is 4. The predicted molar refractivity (Wildman–Crippen MR) is 51.0 cm³/mol. The fourth-order valence-electron chi connectivity index (χ4n) is 1.00. The Morgan fingerprint density at radius 1 is 1.54 bits per heavy atom. The highest BCUT2D eigenvalue weighted by Gasteiger charge is 2.15. The lowest BCUT2D eigenvalue weighted by Crippen LogP contribution is -2.44. The van der Waals surface area contributed by atoms with Crippen molar-refractivity contribution < 1.29 is 9.90 Å². The van der Waals surface area contributed by atoms with Gasteiger partial charge in [-0.3, -0.25) is 9.69 Å². The van der Waals surface area contributed by atoms with E-state index in [1.54, 1.807) is 4.90 Å². The van der Waals surface area contributed by atoms with Crippen molar-refractivity contribution in [2.24, 2.45) is 11.5 Å². The lowest BCUT2D eigenvalue weighted by molar-refractivity contribution is -0.119. The topological polar surface area (TPSA) is 92.6 Å². The molecule has 5 N–H and O–H groups in total. The number of carbonyl (C=O) groups excluding carboxylic acids is 1. The zero-order valence-corrected chi connectivity index (χ0v) is 8.23. The van der Waals surface area contributed by atoms with Gasteiger partial charge in [-0.05, 0) is 13.8 Å². The summed E-state index contributed by atoms with van der Waals surface area (Å²) in [5.74, 6) is -0.391. The Labute approximate surface area is 78.7 Å². The van der Waals surface area contributed by atoms with E-state index < -0.39 is 12.0 Å². The number of carbonyl (C=O) groups is 1. The van der Waals surface area contributed by atoms with Gasteiger partial charge in [-0.1, -0.05) is 0 Å². The number of hydrogen-bond donors (Lipinski definition) is 3. The van der Waals surface area contributed by atoms with Crippen molar-refractivity contribution in [2.45, 2.75) is 26.0 Å². The smallest absolute Gasteiger partial charge is 0.231 e. The summed E-state index contributed by atoms with van der Waals surface area (Å²) in [6.45, 7) is 4.62. The van der Waals surface area contributed by atoms with Crippen molar-refractivity contribution in [2.75, 3.05) is 19.6 Å². The Balaban J connectivity index is 4.02. The van der Waals surface area contributed by atoms with Crippen molar-refractivity contribution in [3.05, 3.63) is 0 Å². The second-order valence-electron chi connectivity index (χ2n) is 3.38. The molecule has 0 radical (unpaired) electrons. The summed E-state index contributed by atoms with van der Waals surface area (Å²) in [5.41, 5.74) is 10.3. The Bertz CT molecular complexity index is 161. The summed E-state index contributed by atoms with van der Waals surface area (Å²) in [5, 5.41) is 9.27. The number of rotatable bonds is 6. The van der Waals surface area contributed by atoms with Crippen LogP contribution in [0, 0.1) is 0 Å². The van der Waals surface area contributed by atoms with Gasteiger partial charge in [0.15, 0.2) is 0 Å². The molecule has 78 valence electrons. The average Bonchev–Trinajstić information content (AvgIpc) is 2.02. The molecule has 0 saturated carbocycles. The number of nitrogens with zero attached hydrogens (tertiary/aromatic N) is 1. The van der Waals surface area contributed by atoms with Crippen LogP contribution in [0.3, 0.4) is 0 Å². The summed E-state index contributed by atoms with van der Waals surface area (Å²) in [6.07, 6.45) is -0.596. The average molecular weight is 189 g/mol. The standard InChI is InChI=1S/C8H19N3O2/c1-6(2)11(5-8(10)13)4-7(12)3-9/h6-7,12H,3-5,9H2,1-2H3,(H2,10,13). The zero-order chi connectivity index (χ0) is 10.4. The molecule has 5 heteroatoms. The summed E-state index contributed by atoms with van der Waals surface area (Å²) in [7, 11) is 0. The van der Waals surface area contributed by atoms with Crippen LogP contribution in [0.1, 0.15) is 13.8 Å². The molecule has 0 aliphatic carbocycles. The molecule has 0 aromatic rings. The third-order valence-electron chi connectivity index (χ3n) is 1.81. The van der Waals surface area contributed by atoms with Crippen molar-refractivity contribution in [3.63, 3.8) is 0 Å². The van der Waals surface area contributed by atoms with Gasteiger partial charge in [-0.25, -0.2) is 0 Å². The van der Waals surface area contributed by atoms with Crippen molar-refractivity contribution in [1.82, 2.24) is 4.90 Å². The van der Waals surface area contributed by atoms with Crippen LogP contribution < -0.4 is 11.5 Å². The molecule has 13 heavy (non-hydrogen) atoms. The van der Waals surface area contributed by atoms with Crippen molar-refractivity contribution >= 4 is 5.91 Å². The van der Waals surface area contributed by atoms with Gasteiger partial charge in [0.25, 0.3) is 0 Å². The number of aliphatic hydroxyl groups is 1. The third kappa shape index (κ3) is 5.57. The minimum atomic E-state index is -0.596. The minimum Gasteiger partial charge on any atom is -0.390 e. The Morgan fingerprint density at radius 2 is 2.08 bits per heavy atom. The lowest BCUT2D eigenvalue weighted by Gasteiger charge is -2.26. The molecule has 0 spiro atoms. The third-order valence-corrected chi connectivity index (χ3v) is 1.81. The van der Waals surface area contributed by atoms with Crippen LogP contribution >= 0.6 is 0 Å². The molecule has 0 bridgehead atoms. The fourth-order valence-corrected chi connectivity index (χ4v) is 1.00. The Hall–Kier alpha value is -0.650. The van der Waals surface area contributed by atoms with Crippen LogP contribution in [0.5, 0.6) is 0 Å². The Kier molecular flexibility index (Phi) is 5.61. The molecule has 0 aromatic carbocycles. The van der Waals surface area contributed by atoms with E-state index in [9.17, 15) is 9.90 Å². The van der Waals surface area contributed by atoms with Gasteiger partial charge in [-0.2, -0.15) is 0 Å². The molecule has 0 fully saturated rings. The first kappa shape index (κ1) is 12.3. The van der Waals surface area contributed by atoms with Gasteiger partial charge >= 0.3 is 0 Å². The van der Waals surface area contributed by atoms with E-state index in [2.05, 4.69) is 0 Å².